The highest BCUT2D eigenvalue weighted by Crippen LogP contribution is 2.39. The van der Waals surface area contributed by atoms with Crippen LogP contribution in [0.1, 0.15) is 26.7 Å². The highest BCUT2D eigenvalue weighted by molar-refractivity contribution is 6.19. The zero-order valence-electron chi connectivity index (χ0n) is 6.93. The zero-order chi connectivity index (χ0) is 8.48. The van der Waals surface area contributed by atoms with Crippen molar-refractivity contribution in [3.63, 3.8) is 0 Å². The highest BCUT2D eigenvalue weighted by atomic mass is 35.5. The molecule has 3 atom stereocenters. The van der Waals surface area contributed by atoms with Crippen LogP contribution in [0.25, 0.3) is 0 Å². The van der Waals surface area contributed by atoms with Gasteiger partial charge in [0.1, 0.15) is 11.2 Å². The lowest BCUT2D eigenvalue weighted by Gasteiger charge is -2.24. The maximum Gasteiger partial charge on any atom is 0.133 e. The van der Waals surface area contributed by atoms with Crippen molar-refractivity contribution >= 4 is 11.6 Å². The van der Waals surface area contributed by atoms with Crippen molar-refractivity contribution in [2.24, 2.45) is 5.92 Å². The molecule has 1 aliphatic heterocycles. The van der Waals surface area contributed by atoms with Crippen LogP contribution in [0.2, 0.25) is 0 Å². The molecule has 0 radical (unpaired) electrons. The summed E-state index contributed by atoms with van der Waals surface area (Å²) in [6, 6.07) is 0. The number of alkyl halides is 1. The Hall–Kier alpha value is -0.190. The van der Waals surface area contributed by atoms with Crippen LogP contribution in [-0.4, -0.2) is 11.2 Å². The third-order valence-corrected chi connectivity index (χ3v) is 2.71. The molecule has 1 unspecified atom stereocenters. The molecule has 1 rings (SSSR count). The molecule has 0 aliphatic carbocycles. The molecular weight excluding hydrogens is 160 g/mol. The van der Waals surface area contributed by atoms with E-state index in [1.54, 1.807) is 0 Å². The van der Waals surface area contributed by atoms with Gasteiger partial charge in [-0.2, -0.15) is 0 Å². The molecule has 1 fully saturated rings. The van der Waals surface area contributed by atoms with Gasteiger partial charge in [0.15, 0.2) is 0 Å². The molecule has 0 aromatic rings. The van der Waals surface area contributed by atoms with Crippen LogP contribution in [-0.2, 0) is 4.74 Å². The summed E-state index contributed by atoms with van der Waals surface area (Å²) in [5.41, 5.74) is -0.590. The smallest absolute Gasteiger partial charge is 0.133 e. The lowest BCUT2D eigenvalue weighted by Crippen LogP contribution is -2.31. The van der Waals surface area contributed by atoms with E-state index in [1.165, 1.54) is 0 Å². The molecular formula is C9H13ClO. The fourth-order valence-corrected chi connectivity index (χ4v) is 2.00. The van der Waals surface area contributed by atoms with Crippen LogP contribution in [0.4, 0.5) is 0 Å². The number of ether oxygens (including phenoxy) is 1. The Kier molecular flexibility index (Phi) is 2.47. The quantitative estimate of drug-likeness (QED) is 0.436. The van der Waals surface area contributed by atoms with Crippen LogP contribution in [0.3, 0.4) is 0 Å². The molecule has 0 bridgehead atoms. The summed E-state index contributed by atoms with van der Waals surface area (Å²) < 4.78 is 5.49. The highest BCUT2D eigenvalue weighted by Gasteiger charge is 2.42. The summed E-state index contributed by atoms with van der Waals surface area (Å²) in [4.78, 5) is 0. The fraction of sp³-hybridized carbons (Fsp3) is 0.778. The largest absolute Gasteiger partial charge is 0.343 e. The molecule has 0 spiro atoms. The van der Waals surface area contributed by atoms with Gasteiger partial charge in [-0.25, -0.2) is 0 Å². The average Bonchev–Trinajstić information content (AvgIpc) is 2.27. The lowest BCUT2D eigenvalue weighted by atomic mass is 9.87. The van der Waals surface area contributed by atoms with E-state index < -0.39 is 5.60 Å². The molecule has 0 aromatic carbocycles. The molecule has 2 heteroatoms. The monoisotopic (exact) mass is 172 g/mol. The fourth-order valence-electron chi connectivity index (χ4n) is 1.57. The first-order chi connectivity index (χ1) is 5.14. The molecule has 11 heavy (non-hydrogen) atoms. The normalized spacial score (nSPS) is 43.8. The minimum absolute atomic E-state index is 0.194. The Bertz CT molecular complexity index is 184. The molecule has 1 heterocycles. The van der Waals surface area contributed by atoms with Gasteiger partial charge in [-0.3, -0.25) is 0 Å². The average molecular weight is 173 g/mol. The van der Waals surface area contributed by atoms with E-state index in [9.17, 15) is 0 Å². The minimum atomic E-state index is -0.396. The number of halogens is 1. The van der Waals surface area contributed by atoms with Crippen LogP contribution >= 0.6 is 11.6 Å². The van der Waals surface area contributed by atoms with Crippen molar-refractivity contribution in [2.45, 2.75) is 37.9 Å². The van der Waals surface area contributed by atoms with E-state index in [4.69, 9.17) is 22.8 Å². The van der Waals surface area contributed by atoms with Gasteiger partial charge in [0.05, 0.1) is 0 Å². The molecule has 0 aromatic heterocycles. The standard InChI is InChI=1S/C9H13ClO/c1-4-9(5-2)7(3)6-8(10)11-9/h1,7-8H,5-6H2,2-3H3/t7-,8?,9+/m0/s1. The van der Waals surface area contributed by atoms with E-state index in [1.807, 2.05) is 6.92 Å². The van der Waals surface area contributed by atoms with Crippen molar-refractivity contribution in [1.82, 2.24) is 0 Å². The Balaban J connectivity index is 2.78. The first-order valence-electron chi connectivity index (χ1n) is 3.94. The van der Waals surface area contributed by atoms with Gasteiger partial charge in [0.2, 0.25) is 0 Å². The van der Waals surface area contributed by atoms with Gasteiger partial charge in [-0.1, -0.05) is 31.4 Å². The maximum atomic E-state index is 5.83. The predicted octanol–water partition coefficient (Wildman–Crippen LogP) is 2.39. The maximum absolute atomic E-state index is 5.83. The van der Waals surface area contributed by atoms with E-state index in [2.05, 4.69) is 12.8 Å². The zero-order valence-corrected chi connectivity index (χ0v) is 7.69. The molecule has 1 nitrogen and oxygen atoms in total. The summed E-state index contributed by atoms with van der Waals surface area (Å²) in [6.45, 7) is 4.12. The first kappa shape index (κ1) is 8.90. The van der Waals surface area contributed by atoms with Gasteiger partial charge in [0.25, 0.3) is 0 Å². The van der Waals surface area contributed by atoms with Gasteiger partial charge < -0.3 is 4.74 Å². The van der Waals surface area contributed by atoms with E-state index in [0.717, 1.165) is 12.8 Å². The molecule has 1 saturated heterocycles. The first-order valence-corrected chi connectivity index (χ1v) is 4.38. The van der Waals surface area contributed by atoms with E-state index in [0.29, 0.717) is 5.92 Å². The van der Waals surface area contributed by atoms with Gasteiger partial charge in [0, 0.05) is 5.92 Å². The van der Waals surface area contributed by atoms with Crippen molar-refractivity contribution < 1.29 is 4.74 Å². The molecule has 0 saturated carbocycles. The van der Waals surface area contributed by atoms with Gasteiger partial charge in [-0.15, -0.1) is 6.42 Å². The van der Waals surface area contributed by atoms with E-state index >= 15 is 0 Å². The van der Waals surface area contributed by atoms with Crippen LogP contribution in [0.5, 0.6) is 0 Å². The van der Waals surface area contributed by atoms with Crippen molar-refractivity contribution in [3.05, 3.63) is 0 Å². The van der Waals surface area contributed by atoms with Crippen molar-refractivity contribution in [2.75, 3.05) is 0 Å². The van der Waals surface area contributed by atoms with E-state index in [-0.39, 0.29) is 5.56 Å². The SMILES string of the molecule is C#C[C@]1(CC)OC(Cl)C[C@@H]1C. The van der Waals surface area contributed by atoms with Crippen LogP contribution < -0.4 is 0 Å². The number of hydrogen-bond acceptors (Lipinski definition) is 1. The topological polar surface area (TPSA) is 9.23 Å². The second-order valence-electron chi connectivity index (χ2n) is 3.05. The molecule has 0 amide bonds. The van der Waals surface area contributed by atoms with Crippen molar-refractivity contribution in [3.8, 4) is 12.3 Å². The second kappa shape index (κ2) is 3.05. The summed E-state index contributed by atoms with van der Waals surface area (Å²) >= 11 is 5.83. The molecule has 0 N–H and O–H groups in total. The number of hydrogen-bond donors (Lipinski definition) is 0. The Labute approximate surface area is 73.1 Å². The summed E-state index contributed by atoms with van der Waals surface area (Å²) in [6.07, 6.45) is 7.10. The molecule has 62 valence electrons. The lowest BCUT2D eigenvalue weighted by molar-refractivity contribution is 0.0147. The third kappa shape index (κ3) is 1.38. The van der Waals surface area contributed by atoms with Gasteiger partial charge >= 0.3 is 0 Å². The summed E-state index contributed by atoms with van der Waals surface area (Å²) in [5, 5.41) is 0. The third-order valence-electron chi connectivity index (χ3n) is 2.44. The summed E-state index contributed by atoms with van der Waals surface area (Å²) in [5.74, 6) is 3.08. The Morgan fingerprint density at radius 2 is 2.45 bits per heavy atom. The van der Waals surface area contributed by atoms with Crippen LogP contribution in [0.15, 0.2) is 0 Å². The number of terminal acetylenes is 1. The second-order valence-corrected chi connectivity index (χ2v) is 3.54. The summed E-state index contributed by atoms with van der Waals surface area (Å²) in [7, 11) is 0. The molecule has 1 aliphatic rings. The van der Waals surface area contributed by atoms with Crippen molar-refractivity contribution in [1.29, 1.82) is 0 Å². The number of rotatable bonds is 1. The minimum Gasteiger partial charge on any atom is -0.343 e. The Morgan fingerprint density at radius 3 is 2.64 bits per heavy atom. The predicted molar refractivity (Wildman–Crippen MR) is 46.4 cm³/mol. The van der Waals surface area contributed by atoms with Crippen LogP contribution in [0, 0.1) is 18.3 Å². The van der Waals surface area contributed by atoms with Gasteiger partial charge in [-0.05, 0) is 12.8 Å². The Morgan fingerprint density at radius 1 is 1.82 bits per heavy atom.